The Hall–Kier alpha value is -1.47. The molecule has 0 saturated heterocycles. The van der Waals surface area contributed by atoms with Gasteiger partial charge in [0.2, 0.25) is 0 Å². The quantitative estimate of drug-likeness (QED) is 0.876. The van der Waals surface area contributed by atoms with E-state index in [4.69, 9.17) is 5.11 Å². The molecule has 0 amide bonds. The second kappa shape index (κ2) is 5.45. The molecule has 0 spiro atoms. The summed E-state index contributed by atoms with van der Waals surface area (Å²) in [6.45, 7) is 0. The number of benzene rings is 1. The van der Waals surface area contributed by atoms with Crippen LogP contribution in [0.4, 0.5) is 4.39 Å². The number of rotatable bonds is 3. The maximum atomic E-state index is 12.6. The van der Waals surface area contributed by atoms with E-state index in [0.717, 1.165) is 24.2 Å². The predicted molar refractivity (Wildman–Crippen MR) is 67.2 cm³/mol. The molecule has 2 aromatic rings. The summed E-state index contributed by atoms with van der Waals surface area (Å²) in [6, 6.07) is 4.87. The fourth-order valence-corrected chi connectivity index (χ4v) is 2.34. The Morgan fingerprint density at radius 2 is 2.00 bits per heavy atom. The Balaban J connectivity index is 2.27. The van der Waals surface area contributed by atoms with Crippen LogP contribution in [0.5, 0.6) is 0 Å². The van der Waals surface area contributed by atoms with Crippen molar-refractivity contribution in [2.45, 2.75) is 10.1 Å². The predicted octanol–water partition coefficient (Wildman–Crippen LogP) is 3.23. The van der Waals surface area contributed by atoms with Gasteiger partial charge >= 0.3 is 5.97 Å². The van der Waals surface area contributed by atoms with E-state index in [2.05, 4.69) is 25.9 Å². The molecule has 2 rings (SSSR count). The summed E-state index contributed by atoms with van der Waals surface area (Å²) in [5.41, 5.74) is 0.155. The number of aromatic carboxylic acids is 1. The monoisotopic (exact) mass is 328 g/mol. The molecular weight excluding hydrogens is 323 g/mol. The average Bonchev–Trinajstić information content (AvgIpc) is 2.34. The highest BCUT2D eigenvalue weighted by Crippen LogP contribution is 2.28. The highest BCUT2D eigenvalue weighted by Gasteiger charge is 2.10. The van der Waals surface area contributed by atoms with E-state index in [1.54, 1.807) is 12.1 Å². The molecule has 1 heterocycles. The second-order valence-corrected chi connectivity index (χ2v) is 5.13. The van der Waals surface area contributed by atoms with Gasteiger partial charge in [0.1, 0.15) is 0 Å². The molecule has 0 aliphatic rings. The first-order valence-electron chi connectivity index (χ1n) is 4.74. The van der Waals surface area contributed by atoms with Crippen molar-refractivity contribution < 1.29 is 14.3 Å². The lowest BCUT2D eigenvalue weighted by Gasteiger charge is -2.03. The van der Waals surface area contributed by atoms with Crippen LogP contribution in [-0.4, -0.2) is 21.0 Å². The summed E-state index contributed by atoms with van der Waals surface area (Å²) >= 11 is 4.32. The second-order valence-electron chi connectivity index (χ2n) is 3.23. The maximum absolute atomic E-state index is 12.6. The summed E-state index contributed by atoms with van der Waals surface area (Å²) in [4.78, 5) is 19.2. The molecular formula is C11H6BrFN2O2S. The Morgan fingerprint density at radius 1 is 1.33 bits per heavy atom. The van der Waals surface area contributed by atoms with Crippen molar-refractivity contribution in [2.75, 3.05) is 0 Å². The van der Waals surface area contributed by atoms with Gasteiger partial charge in [0.15, 0.2) is 11.0 Å². The third-order valence-corrected chi connectivity index (χ3v) is 3.55. The van der Waals surface area contributed by atoms with E-state index in [-0.39, 0.29) is 5.56 Å². The Morgan fingerprint density at radius 3 is 2.61 bits per heavy atom. The van der Waals surface area contributed by atoms with Crippen LogP contribution in [0.25, 0.3) is 0 Å². The van der Waals surface area contributed by atoms with Crippen LogP contribution in [0.3, 0.4) is 0 Å². The van der Waals surface area contributed by atoms with Crippen molar-refractivity contribution in [1.82, 2.24) is 9.97 Å². The van der Waals surface area contributed by atoms with Crippen molar-refractivity contribution in [3.05, 3.63) is 46.4 Å². The lowest BCUT2D eigenvalue weighted by atomic mass is 10.2. The first kappa shape index (κ1) is 13.0. The van der Waals surface area contributed by atoms with E-state index >= 15 is 0 Å². The first-order valence-corrected chi connectivity index (χ1v) is 6.35. The number of aromatic nitrogens is 2. The van der Waals surface area contributed by atoms with Gasteiger partial charge < -0.3 is 5.11 Å². The van der Waals surface area contributed by atoms with Crippen LogP contribution in [0.15, 0.2) is 45.1 Å². The zero-order valence-electron chi connectivity index (χ0n) is 8.80. The van der Waals surface area contributed by atoms with Gasteiger partial charge in [0.25, 0.3) is 0 Å². The third-order valence-electron chi connectivity index (χ3n) is 1.97. The molecule has 0 fully saturated rings. The first-order chi connectivity index (χ1) is 8.56. The molecule has 0 saturated carbocycles. The Labute approximate surface area is 114 Å². The molecule has 7 heteroatoms. The number of carbonyl (C=O) groups is 1. The third kappa shape index (κ3) is 3.05. The summed E-state index contributed by atoms with van der Waals surface area (Å²) in [5, 5.41) is 9.33. The van der Waals surface area contributed by atoms with Crippen LogP contribution in [-0.2, 0) is 0 Å². The van der Waals surface area contributed by atoms with E-state index in [1.807, 2.05) is 0 Å². The lowest BCUT2D eigenvalue weighted by molar-refractivity contribution is 0.0695. The molecule has 4 nitrogen and oxygen atoms in total. The topological polar surface area (TPSA) is 63.1 Å². The SMILES string of the molecule is O=C(O)c1cc(Sc2ncc(F)cn2)ccc1Br. The van der Waals surface area contributed by atoms with E-state index in [0.29, 0.717) is 14.5 Å². The largest absolute Gasteiger partial charge is 0.478 e. The van der Waals surface area contributed by atoms with Crippen LogP contribution < -0.4 is 0 Å². The number of hydrogen-bond acceptors (Lipinski definition) is 4. The number of halogens is 2. The molecule has 18 heavy (non-hydrogen) atoms. The number of carboxylic acids is 1. The van der Waals surface area contributed by atoms with Crippen molar-refractivity contribution in [1.29, 1.82) is 0 Å². The summed E-state index contributed by atoms with van der Waals surface area (Å²) in [6.07, 6.45) is 2.12. The van der Waals surface area contributed by atoms with E-state index in [1.165, 1.54) is 6.07 Å². The zero-order chi connectivity index (χ0) is 13.1. The van der Waals surface area contributed by atoms with Crippen LogP contribution in [0.2, 0.25) is 0 Å². The molecule has 92 valence electrons. The van der Waals surface area contributed by atoms with Crippen molar-refractivity contribution >= 4 is 33.7 Å². The van der Waals surface area contributed by atoms with Gasteiger partial charge in [-0.2, -0.15) is 0 Å². The van der Waals surface area contributed by atoms with Gasteiger partial charge in [0.05, 0.1) is 18.0 Å². The van der Waals surface area contributed by atoms with Crippen LogP contribution in [0.1, 0.15) is 10.4 Å². The van der Waals surface area contributed by atoms with Gasteiger partial charge in [-0.25, -0.2) is 19.2 Å². The van der Waals surface area contributed by atoms with Crippen LogP contribution in [0, 0.1) is 5.82 Å². The minimum Gasteiger partial charge on any atom is -0.478 e. The molecule has 1 aromatic heterocycles. The van der Waals surface area contributed by atoms with Gasteiger partial charge in [-0.15, -0.1) is 0 Å². The van der Waals surface area contributed by atoms with Crippen molar-refractivity contribution in [3.8, 4) is 0 Å². The smallest absolute Gasteiger partial charge is 0.336 e. The zero-order valence-corrected chi connectivity index (χ0v) is 11.2. The minimum absolute atomic E-state index is 0.155. The van der Waals surface area contributed by atoms with Gasteiger partial charge in [-0.1, -0.05) is 0 Å². The van der Waals surface area contributed by atoms with E-state index in [9.17, 15) is 9.18 Å². The maximum Gasteiger partial charge on any atom is 0.336 e. The fraction of sp³-hybridized carbons (Fsp3) is 0. The minimum atomic E-state index is -1.02. The van der Waals surface area contributed by atoms with Gasteiger partial charge in [-0.05, 0) is 45.9 Å². The molecule has 0 radical (unpaired) electrons. The standard InChI is InChI=1S/C11H6BrFN2O2S/c12-9-2-1-7(3-8(9)10(16)17)18-11-14-4-6(13)5-15-11/h1-5H,(H,16,17). The van der Waals surface area contributed by atoms with Gasteiger partial charge in [0, 0.05) is 9.37 Å². The molecule has 1 N–H and O–H groups in total. The molecule has 0 aliphatic heterocycles. The highest BCUT2D eigenvalue weighted by atomic mass is 79.9. The van der Waals surface area contributed by atoms with E-state index < -0.39 is 11.8 Å². The molecule has 0 aliphatic carbocycles. The summed E-state index contributed by atoms with van der Waals surface area (Å²) in [5.74, 6) is -1.54. The number of nitrogens with zero attached hydrogens (tertiary/aromatic N) is 2. The number of hydrogen-bond donors (Lipinski definition) is 1. The molecule has 0 unspecified atom stereocenters. The highest BCUT2D eigenvalue weighted by molar-refractivity contribution is 9.10. The molecule has 1 aromatic carbocycles. The average molecular weight is 329 g/mol. The van der Waals surface area contributed by atoms with Gasteiger partial charge in [-0.3, -0.25) is 0 Å². The fourth-order valence-electron chi connectivity index (χ4n) is 1.19. The van der Waals surface area contributed by atoms with Crippen LogP contribution >= 0.6 is 27.7 Å². The lowest BCUT2D eigenvalue weighted by Crippen LogP contribution is -1.97. The molecule has 0 bridgehead atoms. The normalized spacial score (nSPS) is 10.3. The molecule has 0 atom stereocenters. The van der Waals surface area contributed by atoms with Crippen molar-refractivity contribution in [2.24, 2.45) is 0 Å². The Bertz CT molecular complexity index is 592. The van der Waals surface area contributed by atoms with Crippen molar-refractivity contribution in [3.63, 3.8) is 0 Å². The Kier molecular flexibility index (Phi) is 3.93. The number of carboxylic acid groups (broad SMARTS) is 1. The summed E-state index contributed by atoms with van der Waals surface area (Å²) < 4.78 is 13.1. The summed E-state index contributed by atoms with van der Waals surface area (Å²) in [7, 11) is 0.